The molecule has 3 heteroatoms. The molecule has 0 unspecified atom stereocenters. The number of hydrogen-bond acceptors (Lipinski definition) is 3. The van der Waals surface area contributed by atoms with Gasteiger partial charge in [0.1, 0.15) is 12.2 Å². The quantitative estimate of drug-likeness (QED) is 0.141. The Bertz CT molecular complexity index is 414. The number of Topliss-reactive ketones (excluding diaryl/α,β-unsaturated/α-hetero) is 2. The van der Waals surface area contributed by atoms with Crippen molar-refractivity contribution in [2.24, 2.45) is 0 Å². The minimum absolute atomic E-state index is 0.115. The number of carbonyl (C=O) groups is 2. The Labute approximate surface area is 194 Å². The van der Waals surface area contributed by atoms with Gasteiger partial charge >= 0.3 is 0 Å². The Morgan fingerprint density at radius 3 is 1.45 bits per heavy atom. The molecule has 0 aromatic rings. The van der Waals surface area contributed by atoms with E-state index in [1.54, 1.807) is 0 Å². The van der Waals surface area contributed by atoms with Crippen LogP contribution in [-0.2, 0) is 14.3 Å². The van der Waals surface area contributed by atoms with Crippen LogP contribution in [0.1, 0.15) is 156 Å². The molecule has 0 amide bonds. The number of hydrogen-bond donors (Lipinski definition) is 0. The molecule has 0 heterocycles. The van der Waals surface area contributed by atoms with E-state index in [9.17, 15) is 9.59 Å². The largest absolute Gasteiger partial charge is 0.359 e. The van der Waals surface area contributed by atoms with Crippen LogP contribution in [0.15, 0.2) is 0 Å². The van der Waals surface area contributed by atoms with Gasteiger partial charge < -0.3 is 4.74 Å². The van der Waals surface area contributed by atoms with Gasteiger partial charge in [0.05, 0.1) is 0 Å². The lowest BCUT2D eigenvalue weighted by molar-refractivity contribution is -0.152. The molecule has 31 heavy (non-hydrogen) atoms. The fraction of sp³-hybridized carbons (Fsp3) is 0.929. The third-order valence-electron chi connectivity index (χ3n) is 6.45. The molecule has 0 aliphatic carbocycles. The molecular formula is C28H54O3. The van der Waals surface area contributed by atoms with Gasteiger partial charge in [-0.15, -0.1) is 0 Å². The highest BCUT2D eigenvalue weighted by Gasteiger charge is 2.38. The topological polar surface area (TPSA) is 43.4 Å². The fourth-order valence-electron chi connectivity index (χ4n) is 4.24. The van der Waals surface area contributed by atoms with Gasteiger partial charge in [-0.2, -0.15) is 0 Å². The van der Waals surface area contributed by atoms with E-state index in [-0.39, 0.29) is 18.2 Å². The molecule has 0 aromatic carbocycles. The van der Waals surface area contributed by atoms with E-state index < -0.39 is 5.60 Å². The van der Waals surface area contributed by atoms with Crippen molar-refractivity contribution in [3.63, 3.8) is 0 Å². The summed E-state index contributed by atoms with van der Waals surface area (Å²) in [5, 5.41) is 0. The van der Waals surface area contributed by atoms with Gasteiger partial charge in [-0.1, -0.05) is 118 Å². The van der Waals surface area contributed by atoms with Crippen molar-refractivity contribution in [1.82, 2.24) is 0 Å². The lowest BCUT2D eigenvalue weighted by Gasteiger charge is -2.33. The maximum atomic E-state index is 13.3. The Balaban J connectivity index is 5.05. The van der Waals surface area contributed by atoms with Crippen molar-refractivity contribution < 1.29 is 14.3 Å². The summed E-state index contributed by atoms with van der Waals surface area (Å²) in [6, 6.07) is 0. The molecule has 0 aromatic heterocycles. The third-order valence-corrected chi connectivity index (χ3v) is 6.45. The molecule has 0 aliphatic rings. The number of ketones is 2. The second-order valence-corrected chi connectivity index (χ2v) is 9.49. The van der Waals surface area contributed by atoms with Crippen LogP contribution < -0.4 is 0 Å². The maximum Gasteiger partial charge on any atom is 0.164 e. The van der Waals surface area contributed by atoms with E-state index in [0.717, 1.165) is 64.2 Å². The molecule has 0 saturated carbocycles. The van der Waals surface area contributed by atoms with Crippen LogP contribution in [-0.4, -0.2) is 23.8 Å². The second kappa shape index (κ2) is 21.2. The summed E-state index contributed by atoms with van der Waals surface area (Å²) in [6.45, 7) is 8.82. The summed E-state index contributed by atoms with van der Waals surface area (Å²) < 4.78 is 6.30. The zero-order valence-corrected chi connectivity index (χ0v) is 21.6. The van der Waals surface area contributed by atoms with Crippen molar-refractivity contribution in [2.75, 3.05) is 6.61 Å². The van der Waals surface area contributed by atoms with Crippen LogP contribution in [0, 0.1) is 0 Å². The summed E-state index contributed by atoms with van der Waals surface area (Å²) in [6.07, 6.45) is 21.1. The minimum Gasteiger partial charge on any atom is -0.359 e. The first-order valence-corrected chi connectivity index (χ1v) is 13.7. The first kappa shape index (κ1) is 30.3. The van der Waals surface area contributed by atoms with Gasteiger partial charge in [0.2, 0.25) is 0 Å². The second-order valence-electron chi connectivity index (χ2n) is 9.49. The summed E-state index contributed by atoms with van der Waals surface area (Å²) in [7, 11) is 0. The SMILES string of the molecule is CCCCCCCCC(CCCCCCCC)(OCC(=O)CCCC)C(=O)CCCC. The first-order chi connectivity index (χ1) is 15.1. The summed E-state index contributed by atoms with van der Waals surface area (Å²) >= 11 is 0. The highest BCUT2D eigenvalue weighted by molar-refractivity contribution is 5.88. The summed E-state index contributed by atoms with van der Waals surface area (Å²) in [5.74, 6) is 0.403. The fourth-order valence-corrected chi connectivity index (χ4v) is 4.24. The van der Waals surface area contributed by atoms with Crippen LogP contribution in [0.3, 0.4) is 0 Å². The van der Waals surface area contributed by atoms with Gasteiger partial charge in [-0.25, -0.2) is 0 Å². The molecule has 0 saturated heterocycles. The molecule has 0 radical (unpaired) electrons. The molecule has 0 N–H and O–H groups in total. The number of carbonyl (C=O) groups excluding carboxylic acids is 2. The molecule has 0 aliphatic heterocycles. The highest BCUT2D eigenvalue weighted by atomic mass is 16.5. The molecule has 0 spiro atoms. The van der Waals surface area contributed by atoms with Gasteiger partial charge in [-0.3, -0.25) is 9.59 Å². The molecular weight excluding hydrogens is 384 g/mol. The lowest BCUT2D eigenvalue weighted by Crippen LogP contribution is -2.43. The predicted molar refractivity (Wildman–Crippen MR) is 134 cm³/mol. The van der Waals surface area contributed by atoms with E-state index in [1.165, 1.54) is 51.4 Å². The predicted octanol–water partition coefficient (Wildman–Crippen LogP) is 8.76. The van der Waals surface area contributed by atoms with Crippen molar-refractivity contribution in [3.05, 3.63) is 0 Å². The smallest absolute Gasteiger partial charge is 0.164 e. The maximum absolute atomic E-state index is 13.3. The monoisotopic (exact) mass is 438 g/mol. The standard InChI is InChI=1S/C28H54O3/c1-5-9-13-15-17-19-23-28(27(30)22-12-8-4,24-20-18-16-14-10-6-2)31-25-26(29)21-11-7-3/h5-25H2,1-4H3. The van der Waals surface area contributed by atoms with Crippen LogP contribution in [0.2, 0.25) is 0 Å². The van der Waals surface area contributed by atoms with E-state index in [4.69, 9.17) is 4.74 Å². The Morgan fingerprint density at radius 1 is 0.548 bits per heavy atom. The van der Waals surface area contributed by atoms with Crippen molar-refractivity contribution in [2.45, 2.75) is 162 Å². The number of unbranched alkanes of at least 4 members (excludes halogenated alkanes) is 12. The van der Waals surface area contributed by atoms with Crippen LogP contribution >= 0.6 is 0 Å². The lowest BCUT2D eigenvalue weighted by atomic mass is 9.83. The number of rotatable bonds is 24. The Morgan fingerprint density at radius 2 is 0.968 bits per heavy atom. The van der Waals surface area contributed by atoms with Gasteiger partial charge in [-0.05, 0) is 25.7 Å². The Kier molecular flexibility index (Phi) is 20.7. The summed E-state index contributed by atoms with van der Waals surface area (Å²) in [4.78, 5) is 25.7. The van der Waals surface area contributed by atoms with Gasteiger partial charge in [0.15, 0.2) is 11.6 Å². The molecule has 0 fully saturated rings. The van der Waals surface area contributed by atoms with Crippen molar-refractivity contribution in [3.8, 4) is 0 Å². The molecule has 0 atom stereocenters. The zero-order chi connectivity index (χ0) is 23.2. The van der Waals surface area contributed by atoms with Gasteiger partial charge in [0.25, 0.3) is 0 Å². The van der Waals surface area contributed by atoms with Crippen LogP contribution in [0.4, 0.5) is 0 Å². The van der Waals surface area contributed by atoms with E-state index in [0.29, 0.717) is 12.8 Å². The van der Waals surface area contributed by atoms with Gasteiger partial charge in [0, 0.05) is 12.8 Å². The van der Waals surface area contributed by atoms with E-state index in [2.05, 4.69) is 27.7 Å². The Hall–Kier alpha value is -0.700. The summed E-state index contributed by atoms with van der Waals surface area (Å²) in [5.41, 5.74) is -0.730. The molecule has 184 valence electrons. The highest BCUT2D eigenvalue weighted by Crippen LogP contribution is 2.31. The normalized spacial score (nSPS) is 11.7. The molecule has 0 rings (SSSR count). The first-order valence-electron chi connectivity index (χ1n) is 13.7. The molecule has 0 bridgehead atoms. The third kappa shape index (κ3) is 15.7. The van der Waals surface area contributed by atoms with E-state index >= 15 is 0 Å². The average Bonchev–Trinajstić information content (AvgIpc) is 2.78. The van der Waals surface area contributed by atoms with Crippen LogP contribution in [0.5, 0.6) is 0 Å². The van der Waals surface area contributed by atoms with Crippen molar-refractivity contribution in [1.29, 1.82) is 0 Å². The minimum atomic E-state index is -0.730. The van der Waals surface area contributed by atoms with Crippen molar-refractivity contribution >= 4 is 11.6 Å². The zero-order valence-electron chi connectivity index (χ0n) is 21.6. The number of ether oxygens (including phenoxy) is 1. The van der Waals surface area contributed by atoms with E-state index in [1.807, 2.05) is 0 Å². The molecule has 3 nitrogen and oxygen atoms in total. The van der Waals surface area contributed by atoms with Crippen LogP contribution in [0.25, 0.3) is 0 Å². The average molecular weight is 439 g/mol.